The van der Waals surface area contributed by atoms with E-state index in [2.05, 4.69) is 19.8 Å². The molecule has 2 N–H and O–H groups in total. The average Bonchev–Trinajstić information content (AvgIpc) is 3.54. The Morgan fingerprint density at radius 2 is 1.76 bits per heavy atom. The number of morpholine rings is 2. The van der Waals surface area contributed by atoms with Crippen molar-refractivity contribution in [2.24, 2.45) is 0 Å². The van der Waals surface area contributed by atoms with Gasteiger partial charge in [-0.25, -0.2) is 19.9 Å². The molecule has 0 radical (unpaired) electrons. The summed E-state index contributed by atoms with van der Waals surface area (Å²) in [5.41, 5.74) is 9.02. The number of anilines is 3. The summed E-state index contributed by atoms with van der Waals surface area (Å²) >= 11 is 0. The number of hydrogen-bond acceptors (Lipinski definition) is 9. The zero-order chi connectivity index (χ0) is 19.4. The monoisotopic (exact) mass is 395 g/mol. The Hall–Kier alpha value is -2.52. The highest BCUT2D eigenvalue weighted by Crippen LogP contribution is 2.44. The highest BCUT2D eigenvalue weighted by Gasteiger charge is 2.38. The van der Waals surface area contributed by atoms with E-state index in [9.17, 15) is 0 Å². The third-order valence-electron chi connectivity index (χ3n) is 6.26. The first kappa shape index (κ1) is 17.3. The lowest BCUT2D eigenvalue weighted by Crippen LogP contribution is -2.43. The SMILES string of the molecule is Nc1ncc(-c2nc(N3CCOCC3)c3c(n2)N2CCOCC2C3)c(C2CC2)n1. The Bertz CT molecular complexity index is 943. The number of ether oxygens (including phenoxy) is 2. The maximum Gasteiger partial charge on any atom is 0.220 e. The van der Waals surface area contributed by atoms with Crippen molar-refractivity contribution in [3.05, 3.63) is 17.5 Å². The number of nitrogens with two attached hydrogens (primary N) is 1. The summed E-state index contributed by atoms with van der Waals surface area (Å²) in [5.74, 6) is 3.54. The van der Waals surface area contributed by atoms with Crippen molar-refractivity contribution in [3.63, 3.8) is 0 Å². The minimum atomic E-state index is 0.318. The van der Waals surface area contributed by atoms with Crippen LogP contribution < -0.4 is 15.5 Å². The van der Waals surface area contributed by atoms with Crippen LogP contribution in [-0.2, 0) is 15.9 Å². The standard InChI is InChI=1S/C20H25N7O2/c21-20-22-10-15(16(23-20)12-1-2-12)17-24-18(26-3-6-28-7-4-26)14-9-13-11-29-8-5-27(13)19(14)25-17/h10,12-13H,1-9,11H2,(H2,21,22,23). The summed E-state index contributed by atoms with van der Waals surface area (Å²) in [5, 5.41) is 0. The zero-order valence-electron chi connectivity index (χ0n) is 16.4. The van der Waals surface area contributed by atoms with Gasteiger partial charge in [-0.3, -0.25) is 0 Å². The summed E-state index contributed by atoms with van der Waals surface area (Å²) in [4.78, 5) is 23.7. The molecule has 9 heteroatoms. The summed E-state index contributed by atoms with van der Waals surface area (Å²) in [7, 11) is 0. The van der Waals surface area contributed by atoms with E-state index in [4.69, 9.17) is 25.2 Å². The van der Waals surface area contributed by atoms with Gasteiger partial charge in [-0.2, -0.15) is 0 Å². The van der Waals surface area contributed by atoms with Gasteiger partial charge in [-0.15, -0.1) is 0 Å². The molecule has 1 unspecified atom stereocenters. The fraction of sp³-hybridized carbons (Fsp3) is 0.600. The first-order chi connectivity index (χ1) is 14.3. The molecule has 1 saturated carbocycles. The fourth-order valence-corrected chi connectivity index (χ4v) is 4.63. The minimum absolute atomic E-state index is 0.318. The molecule has 9 nitrogen and oxygen atoms in total. The van der Waals surface area contributed by atoms with Crippen LogP contribution in [0.2, 0.25) is 0 Å². The maximum atomic E-state index is 5.89. The molecule has 29 heavy (non-hydrogen) atoms. The van der Waals surface area contributed by atoms with Gasteiger partial charge in [0.05, 0.1) is 43.7 Å². The lowest BCUT2D eigenvalue weighted by atomic mass is 10.1. The smallest absolute Gasteiger partial charge is 0.220 e. The average molecular weight is 395 g/mol. The second-order valence-electron chi connectivity index (χ2n) is 8.20. The Morgan fingerprint density at radius 3 is 2.59 bits per heavy atom. The third kappa shape index (κ3) is 3.00. The molecule has 4 aliphatic rings. The van der Waals surface area contributed by atoms with Crippen molar-refractivity contribution in [1.82, 2.24) is 19.9 Å². The van der Waals surface area contributed by atoms with Crippen LogP contribution in [0.15, 0.2) is 6.20 Å². The minimum Gasteiger partial charge on any atom is -0.378 e. The van der Waals surface area contributed by atoms with Crippen LogP contribution in [0.3, 0.4) is 0 Å². The highest BCUT2D eigenvalue weighted by atomic mass is 16.5. The van der Waals surface area contributed by atoms with Crippen LogP contribution in [0, 0.1) is 0 Å². The summed E-state index contributed by atoms with van der Waals surface area (Å²) in [6, 6.07) is 0.341. The lowest BCUT2D eigenvalue weighted by molar-refractivity contribution is 0.0973. The molecular weight excluding hydrogens is 370 g/mol. The van der Waals surface area contributed by atoms with Crippen LogP contribution >= 0.6 is 0 Å². The van der Waals surface area contributed by atoms with E-state index in [1.807, 2.05) is 0 Å². The number of hydrogen-bond donors (Lipinski definition) is 1. The van der Waals surface area contributed by atoms with Crippen LogP contribution in [-0.4, -0.2) is 72.0 Å². The Kier molecular flexibility index (Phi) is 4.05. The summed E-state index contributed by atoms with van der Waals surface area (Å²) in [6.45, 7) is 5.48. The van der Waals surface area contributed by atoms with Gasteiger partial charge in [0.2, 0.25) is 5.95 Å². The van der Waals surface area contributed by atoms with Gasteiger partial charge in [0.1, 0.15) is 11.6 Å². The van der Waals surface area contributed by atoms with Crippen LogP contribution in [0.5, 0.6) is 0 Å². The first-order valence-corrected chi connectivity index (χ1v) is 10.5. The molecule has 1 aliphatic carbocycles. The van der Waals surface area contributed by atoms with E-state index < -0.39 is 0 Å². The van der Waals surface area contributed by atoms with E-state index in [0.29, 0.717) is 23.7 Å². The predicted octanol–water partition coefficient (Wildman–Crippen LogP) is 0.991. The Morgan fingerprint density at radius 1 is 0.966 bits per heavy atom. The molecule has 3 aliphatic heterocycles. The first-order valence-electron chi connectivity index (χ1n) is 10.5. The van der Waals surface area contributed by atoms with E-state index in [1.54, 1.807) is 6.20 Å². The molecule has 2 saturated heterocycles. The number of rotatable bonds is 3. The predicted molar refractivity (Wildman–Crippen MR) is 108 cm³/mol. The molecule has 6 rings (SSSR count). The van der Waals surface area contributed by atoms with Crippen LogP contribution in [0.1, 0.15) is 30.0 Å². The van der Waals surface area contributed by atoms with Gasteiger partial charge in [0.15, 0.2) is 5.82 Å². The molecule has 5 heterocycles. The Balaban J connectivity index is 1.50. The largest absolute Gasteiger partial charge is 0.378 e. The molecule has 152 valence electrons. The normalized spacial score (nSPS) is 23.8. The van der Waals surface area contributed by atoms with E-state index in [-0.39, 0.29) is 0 Å². The van der Waals surface area contributed by atoms with Crippen molar-refractivity contribution in [2.45, 2.75) is 31.2 Å². The lowest BCUT2D eigenvalue weighted by Gasteiger charge is -2.31. The topological polar surface area (TPSA) is 103 Å². The molecule has 2 aromatic heterocycles. The Labute approximate surface area is 169 Å². The van der Waals surface area contributed by atoms with Gasteiger partial charge in [0.25, 0.3) is 0 Å². The quantitative estimate of drug-likeness (QED) is 0.815. The molecule has 0 spiro atoms. The molecule has 0 bridgehead atoms. The second kappa shape index (κ2) is 6.77. The van der Waals surface area contributed by atoms with Crippen molar-refractivity contribution >= 4 is 17.6 Å². The van der Waals surface area contributed by atoms with Crippen molar-refractivity contribution in [1.29, 1.82) is 0 Å². The number of nitrogen functional groups attached to an aromatic ring is 1. The fourth-order valence-electron chi connectivity index (χ4n) is 4.63. The van der Waals surface area contributed by atoms with E-state index in [0.717, 1.165) is 88.2 Å². The van der Waals surface area contributed by atoms with Crippen LogP contribution in [0.25, 0.3) is 11.4 Å². The maximum absolute atomic E-state index is 5.89. The molecule has 0 amide bonds. The molecule has 0 aromatic carbocycles. The van der Waals surface area contributed by atoms with Gasteiger partial charge in [-0.05, 0) is 12.8 Å². The number of nitrogens with zero attached hydrogens (tertiary/aromatic N) is 6. The molecule has 3 fully saturated rings. The van der Waals surface area contributed by atoms with E-state index >= 15 is 0 Å². The van der Waals surface area contributed by atoms with Gasteiger partial charge in [-0.1, -0.05) is 0 Å². The third-order valence-corrected chi connectivity index (χ3v) is 6.26. The van der Waals surface area contributed by atoms with E-state index in [1.165, 1.54) is 5.56 Å². The van der Waals surface area contributed by atoms with Gasteiger partial charge < -0.3 is 25.0 Å². The zero-order valence-corrected chi connectivity index (χ0v) is 16.4. The van der Waals surface area contributed by atoms with Gasteiger partial charge in [0, 0.05) is 43.7 Å². The molecule has 2 aromatic rings. The van der Waals surface area contributed by atoms with Crippen molar-refractivity contribution in [3.8, 4) is 11.4 Å². The molecule has 1 atom stereocenters. The summed E-state index contributed by atoms with van der Waals surface area (Å²) in [6.07, 6.45) is 5.00. The van der Waals surface area contributed by atoms with Gasteiger partial charge >= 0.3 is 0 Å². The number of fused-ring (bicyclic) bond motifs is 3. The van der Waals surface area contributed by atoms with Crippen molar-refractivity contribution < 1.29 is 9.47 Å². The highest BCUT2D eigenvalue weighted by molar-refractivity contribution is 5.71. The van der Waals surface area contributed by atoms with Crippen molar-refractivity contribution in [2.75, 3.05) is 61.6 Å². The number of aromatic nitrogens is 4. The van der Waals surface area contributed by atoms with Crippen LogP contribution in [0.4, 0.5) is 17.6 Å². The molecular formula is C20H25N7O2. The summed E-state index contributed by atoms with van der Waals surface area (Å²) < 4.78 is 11.3. The second-order valence-corrected chi connectivity index (χ2v) is 8.20.